The predicted octanol–water partition coefficient (Wildman–Crippen LogP) is 3.86. The zero-order valence-corrected chi connectivity index (χ0v) is 12.4. The van der Waals surface area contributed by atoms with Crippen LogP contribution in [0.15, 0.2) is 24.3 Å². The Morgan fingerprint density at radius 2 is 1.79 bits per heavy atom. The van der Waals surface area contributed by atoms with Gasteiger partial charge >= 0.3 is 0 Å². The summed E-state index contributed by atoms with van der Waals surface area (Å²) in [5.74, 6) is 0. The summed E-state index contributed by atoms with van der Waals surface area (Å²) in [6.45, 7) is 8.18. The van der Waals surface area contributed by atoms with Crippen molar-refractivity contribution in [2.24, 2.45) is 7.05 Å². The van der Waals surface area contributed by atoms with Gasteiger partial charge in [-0.2, -0.15) is 10.4 Å². The molecule has 0 radical (unpaired) electrons. The minimum absolute atomic E-state index is 0.688. The van der Waals surface area contributed by atoms with Gasteiger partial charge in [-0.15, -0.1) is 0 Å². The third-order valence-corrected chi connectivity index (χ3v) is 3.04. The van der Waals surface area contributed by atoms with Crippen LogP contribution >= 0.6 is 0 Å². The molecule has 0 bridgehead atoms. The van der Waals surface area contributed by atoms with E-state index in [2.05, 4.69) is 25.0 Å². The average Bonchev–Trinajstić information content (AvgIpc) is 2.76. The van der Waals surface area contributed by atoms with Crippen molar-refractivity contribution in [1.82, 2.24) is 9.78 Å². The van der Waals surface area contributed by atoms with Crippen LogP contribution in [0.5, 0.6) is 0 Å². The van der Waals surface area contributed by atoms with Gasteiger partial charge in [-0.1, -0.05) is 32.9 Å². The van der Waals surface area contributed by atoms with Crippen LogP contribution in [0.4, 0.5) is 0 Å². The van der Waals surface area contributed by atoms with Gasteiger partial charge < -0.3 is 0 Å². The monoisotopic (exact) mass is 255 g/mol. The second-order valence-electron chi connectivity index (χ2n) is 4.07. The van der Waals surface area contributed by atoms with Gasteiger partial charge in [-0.3, -0.25) is 4.68 Å². The molecule has 0 saturated heterocycles. The third kappa shape index (κ3) is 3.03. The van der Waals surface area contributed by atoms with Crippen LogP contribution < -0.4 is 0 Å². The number of nitrogens with zero attached hydrogens (tertiary/aromatic N) is 3. The van der Waals surface area contributed by atoms with Crippen molar-refractivity contribution in [3.63, 3.8) is 0 Å². The first kappa shape index (κ1) is 15.0. The number of hydrogen-bond donors (Lipinski definition) is 0. The van der Waals surface area contributed by atoms with Crippen LogP contribution in [-0.4, -0.2) is 9.78 Å². The maximum absolute atomic E-state index is 8.79. The van der Waals surface area contributed by atoms with Crippen LogP contribution in [0.25, 0.3) is 11.1 Å². The van der Waals surface area contributed by atoms with Crippen LogP contribution in [0.2, 0.25) is 0 Å². The lowest BCUT2D eigenvalue weighted by atomic mass is 10.0. The summed E-state index contributed by atoms with van der Waals surface area (Å²) in [5.41, 5.74) is 5.28. The van der Waals surface area contributed by atoms with Gasteiger partial charge in [0.25, 0.3) is 0 Å². The predicted molar refractivity (Wildman–Crippen MR) is 78.8 cm³/mol. The fraction of sp³-hybridized carbons (Fsp3) is 0.375. The van der Waals surface area contributed by atoms with Crippen molar-refractivity contribution in [2.45, 2.75) is 34.1 Å². The topological polar surface area (TPSA) is 41.6 Å². The summed E-state index contributed by atoms with van der Waals surface area (Å²) in [7, 11) is 1.96. The van der Waals surface area contributed by atoms with Crippen molar-refractivity contribution < 1.29 is 0 Å². The van der Waals surface area contributed by atoms with Gasteiger partial charge in [0.15, 0.2) is 0 Å². The van der Waals surface area contributed by atoms with Gasteiger partial charge in [0, 0.05) is 18.3 Å². The maximum Gasteiger partial charge on any atom is 0.0991 e. The molecule has 0 atom stereocenters. The minimum Gasteiger partial charge on any atom is -0.272 e. The molecule has 1 heterocycles. The molecule has 3 nitrogen and oxygen atoms in total. The molecule has 0 fully saturated rings. The zero-order chi connectivity index (χ0) is 14.4. The third-order valence-electron chi connectivity index (χ3n) is 3.04. The lowest BCUT2D eigenvalue weighted by Gasteiger charge is -2.03. The Hall–Kier alpha value is -2.08. The molecular weight excluding hydrogens is 234 g/mol. The number of aromatic nitrogens is 2. The molecule has 3 heteroatoms. The van der Waals surface area contributed by atoms with E-state index in [4.69, 9.17) is 5.26 Å². The highest BCUT2D eigenvalue weighted by Gasteiger charge is 2.12. The summed E-state index contributed by atoms with van der Waals surface area (Å²) in [4.78, 5) is 0. The van der Waals surface area contributed by atoms with Crippen molar-refractivity contribution in [3.05, 3.63) is 41.2 Å². The van der Waals surface area contributed by atoms with E-state index in [9.17, 15) is 0 Å². The van der Waals surface area contributed by atoms with Gasteiger partial charge in [0.05, 0.1) is 17.3 Å². The van der Waals surface area contributed by atoms with E-state index in [1.165, 1.54) is 5.56 Å². The molecule has 0 aliphatic rings. The van der Waals surface area contributed by atoms with Crippen molar-refractivity contribution in [1.29, 1.82) is 5.26 Å². The number of benzene rings is 1. The highest BCUT2D eigenvalue weighted by atomic mass is 15.3. The molecule has 19 heavy (non-hydrogen) atoms. The van der Waals surface area contributed by atoms with Gasteiger partial charge in [0.2, 0.25) is 0 Å². The van der Waals surface area contributed by atoms with E-state index in [-0.39, 0.29) is 0 Å². The summed E-state index contributed by atoms with van der Waals surface area (Å²) in [6.07, 6.45) is 0.914. The normalized spacial score (nSPS) is 9.47. The van der Waals surface area contributed by atoms with E-state index in [0.717, 1.165) is 23.4 Å². The molecule has 1 aromatic carbocycles. The standard InChI is InChI=1S/C14H15N3.C2H6/c1-4-13-14(10(2)17(3)16-13)12-7-5-11(9-15)6-8-12;1-2/h5-8H,4H2,1-3H3;1-2H3. The summed E-state index contributed by atoms with van der Waals surface area (Å²) < 4.78 is 1.91. The molecule has 0 amide bonds. The average molecular weight is 255 g/mol. The molecule has 0 aliphatic heterocycles. The van der Waals surface area contributed by atoms with Crippen molar-refractivity contribution in [2.75, 3.05) is 0 Å². The Bertz CT molecular complexity index is 571. The lowest BCUT2D eigenvalue weighted by molar-refractivity contribution is 0.723. The number of nitriles is 1. The van der Waals surface area contributed by atoms with E-state index in [1.807, 2.05) is 49.8 Å². The molecular formula is C16H21N3. The second kappa shape index (κ2) is 6.75. The summed E-state index contributed by atoms with van der Waals surface area (Å²) in [5, 5.41) is 13.3. The van der Waals surface area contributed by atoms with Crippen LogP contribution in [0.3, 0.4) is 0 Å². The molecule has 0 N–H and O–H groups in total. The second-order valence-corrected chi connectivity index (χ2v) is 4.07. The first-order chi connectivity index (χ1) is 9.17. The van der Waals surface area contributed by atoms with Crippen molar-refractivity contribution >= 4 is 0 Å². The molecule has 1 aromatic heterocycles. The molecule has 2 aromatic rings. The van der Waals surface area contributed by atoms with Crippen LogP contribution in [0.1, 0.15) is 37.7 Å². The molecule has 100 valence electrons. The maximum atomic E-state index is 8.79. The van der Waals surface area contributed by atoms with E-state index < -0.39 is 0 Å². The van der Waals surface area contributed by atoms with E-state index >= 15 is 0 Å². The minimum atomic E-state index is 0.688. The van der Waals surface area contributed by atoms with Crippen LogP contribution in [0, 0.1) is 18.3 Å². The Labute approximate surface area is 115 Å². The molecule has 0 saturated carbocycles. The largest absolute Gasteiger partial charge is 0.272 e. The Balaban J connectivity index is 0.000000861. The zero-order valence-electron chi connectivity index (χ0n) is 12.4. The number of hydrogen-bond acceptors (Lipinski definition) is 2. The fourth-order valence-electron chi connectivity index (χ4n) is 2.01. The quantitative estimate of drug-likeness (QED) is 0.817. The number of aryl methyl sites for hydroxylation is 2. The van der Waals surface area contributed by atoms with E-state index in [1.54, 1.807) is 0 Å². The first-order valence-electron chi connectivity index (χ1n) is 6.70. The number of rotatable bonds is 2. The Morgan fingerprint density at radius 1 is 1.21 bits per heavy atom. The molecule has 2 rings (SSSR count). The van der Waals surface area contributed by atoms with Gasteiger partial charge in [-0.25, -0.2) is 0 Å². The smallest absolute Gasteiger partial charge is 0.0991 e. The Kier molecular flexibility index (Phi) is 5.32. The summed E-state index contributed by atoms with van der Waals surface area (Å²) in [6, 6.07) is 9.81. The van der Waals surface area contributed by atoms with Gasteiger partial charge in [-0.05, 0) is 31.0 Å². The van der Waals surface area contributed by atoms with Crippen molar-refractivity contribution in [3.8, 4) is 17.2 Å². The Morgan fingerprint density at radius 3 is 2.26 bits per heavy atom. The van der Waals surface area contributed by atoms with Crippen LogP contribution in [-0.2, 0) is 13.5 Å². The highest BCUT2D eigenvalue weighted by Crippen LogP contribution is 2.27. The molecule has 0 aliphatic carbocycles. The van der Waals surface area contributed by atoms with Gasteiger partial charge in [0.1, 0.15) is 0 Å². The first-order valence-corrected chi connectivity index (χ1v) is 6.70. The highest BCUT2D eigenvalue weighted by molar-refractivity contribution is 5.69. The lowest BCUT2D eigenvalue weighted by Crippen LogP contribution is -1.93. The SMILES string of the molecule is CC.CCc1nn(C)c(C)c1-c1ccc(C#N)cc1. The fourth-order valence-corrected chi connectivity index (χ4v) is 2.01. The molecule has 0 spiro atoms. The molecule has 0 unspecified atom stereocenters. The van der Waals surface area contributed by atoms with E-state index in [0.29, 0.717) is 5.56 Å². The summed E-state index contributed by atoms with van der Waals surface area (Å²) >= 11 is 0.